The Hall–Kier alpha value is -3.95. The average Bonchev–Trinajstić information content (AvgIpc) is 2.99. The first-order valence-electron chi connectivity index (χ1n) is 15.3. The molecular weight excluding hydrogens is 588 g/mol. The molecule has 3 N–H and O–H groups in total. The van der Waals surface area contributed by atoms with E-state index in [0.717, 1.165) is 43.9 Å². The number of unbranched alkanes of at least 4 members (excludes halogenated alkanes) is 2. The monoisotopic (exact) mass is 645 g/mol. The number of carbonyl (C=O) groups excluding carboxylic acids is 3. The summed E-state index contributed by atoms with van der Waals surface area (Å²) in [5, 5.41) is 8.38. The number of aryl methyl sites for hydroxylation is 1. The van der Waals surface area contributed by atoms with Gasteiger partial charge in [0, 0.05) is 55.3 Å². The minimum Gasteiger partial charge on any atom is -0.356 e. The van der Waals surface area contributed by atoms with Crippen LogP contribution in [-0.4, -0.2) is 46.9 Å². The van der Waals surface area contributed by atoms with Gasteiger partial charge in [-0.2, -0.15) is 0 Å². The molecule has 8 nitrogen and oxygen atoms in total. The molecule has 258 valence electrons. The van der Waals surface area contributed by atoms with Crippen molar-refractivity contribution in [3.05, 3.63) is 76.9 Å². The van der Waals surface area contributed by atoms with Crippen molar-refractivity contribution in [3.8, 4) is 0 Å². The van der Waals surface area contributed by atoms with Crippen LogP contribution >= 0.6 is 0 Å². The zero-order valence-electron chi connectivity index (χ0n) is 27.3. The third-order valence-corrected chi connectivity index (χ3v) is 6.87. The number of alkyl halides is 2. The second-order valence-electron chi connectivity index (χ2n) is 10.5. The van der Waals surface area contributed by atoms with E-state index in [1.807, 2.05) is 26.8 Å². The SMILES string of the molecule is C.C.C=C/C(CC)=C(\C=C(/C)NC(=O)C1=CN=C(C(C)NC(=O)c2cc(CCCCCNC(C)=O)ccn2)CC1)C(C)(F)F.CC. The van der Waals surface area contributed by atoms with Crippen LogP contribution in [0.25, 0.3) is 0 Å². The second-order valence-corrected chi connectivity index (χ2v) is 10.5. The third-order valence-electron chi connectivity index (χ3n) is 6.87. The van der Waals surface area contributed by atoms with Crippen LogP contribution in [0.5, 0.6) is 0 Å². The van der Waals surface area contributed by atoms with Crippen molar-refractivity contribution in [2.75, 3.05) is 6.54 Å². The molecule has 3 amide bonds. The molecule has 1 unspecified atom stereocenters. The Bertz CT molecular complexity index is 1280. The van der Waals surface area contributed by atoms with Gasteiger partial charge in [-0.15, -0.1) is 0 Å². The number of nitrogens with zero attached hydrogens (tertiary/aromatic N) is 2. The van der Waals surface area contributed by atoms with E-state index in [1.54, 1.807) is 26.1 Å². The van der Waals surface area contributed by atoms with Gasteiger partial charge >= 0.3 is 0 Å². The van der Waals surface area contributed by atoms with Crippen LogP contribution in [0.2, 0.25) is 0 Å². The molecule has 2 heterocycles. The van der Waals surface area contributed by atoms with Crippen molar-refractivity contribution in [1.29, 1.82) is 0 Å². The van der Waals surface area contributed by atoms with E-state index in [-0.39, 0.29) is 38.3 Å². The quantitative estimate of drug-likeness (QED) is 0.132. The van der Waals surface area contributed by atoms with Crippen molar-refractivity contribution < 1.29 is 23.2 Å². The molecule has 2 rings (SSSR count). The predicted molar refractivity (Wildman–Crippen MR) is 187 cm³/mol. The van der Waals surface area contributed by atoms with Crippen LogP contribution in [-0.2, 0) is 16.0 Å². The van der Waals surface area contributed by atoms with Crippen LogP contribution in [0.15, 0.2) is 70.7 Å². The molecule has 0 fully saturated rings. The van der Waals surface area contributed by atoms with Crippen molar-refractivity contribution in [2.24, 2.45) is 4.99 Å². The van der Waals surface area contributed by atoms with Crippen LogP contribution in [0.4, 0.5) is 8.78 Å². The van der Waals surface area contributed by atoms with E-state index in [4.69, 9.17) is 0 Å². The van der Waals surface area contributed by atoms with E-state index < -0.39 is 11.8 Å². The number of amides is 3. The lowest BCUT2D eigenvalue weighted by Gasteiger charge is -2.20. The minimum absolute atomic E-state index is 0. The zero-order chi connectivity index (χ0) is 33.3. The fourth-order valence-electron chi connectivity index (χ4n) is 4.51. The number of halogens is 2. The molecule has 0 radical (unpaired) electrons. The highest BCUT2D eigenvalue weighted by atomic mass is 19.3. The van der Waals surface area contributed by atoms with Gasteiger partial charge in [-0.25, -0.2) is 8.78 Å². The normalized spacial score (nSPS) is 13.9. The maximum atomic E-state index is 14.2. The van der Waals surface area contributed by atoms with Gasteiger partial charge in [0.2, 0.25) is 5.91 Å². The number of aromatic nitrogens is 1. The molecule has 0 saturated heterocycles. The minimum atomic E-state index is -3.08. The van der Waals surface area contributed by atoms with Gasteiger partial charge in [-0.1, -0.05) is 54.7 Å². The summed E-state index contributed by atoms with van der Waals surface area (Å²) >= 11 is 0. The van der Waals surface area contributed by atoms with Gasteiger partial charge in [0.25, 0.3) is 17.7 Å². The predicted octanol–water partition coefficient (Wildman–Crippen LogP) is 8.03. The number of pyridine rings is 1. The lowest BCUT2D eigenvalue weighted by Crippen LogP contribution is -2.39. The fourth-order valence-corrected chi connectivity index (χ4v) is 4.51. The molecule has 1 atom stereocenters. The molecule has 1 aromatic heterocycles. The zero-order valence-corrected chi connectivity index (χ0v) is 27.3. The topological polar surface area (TPSA) is 113 Å². The van der Waals surface area contributed by atoms with Crippen molar-refractivity contribution in [2.45, 2.75) is 120 Å². The highest BCUT2D eigenvalue weighted by Crippen LogP contribution is 2.30. The Labute approximate surface area is 276 Å². The molecular formula is C36H57F2N5O3. The lowest BCUT2D eigenvalue weighted by molar-refractivity contribution is -0.119. The van der Waals surface area contributed by atoms with Gasteiger partial charge in [0.1, 0.15) is 5.69 Å². The molecule has 0 saturated carbocycles. The van der Waals surface area contributed by atoms with E-state index in [0.29, 0.717) is 48.3 Å². The molecule has 0 aliphatic carbocycles. The third kappa shape index (κ3) is 15.4. The molecule has 0 bridgehead atoms. The molecule has 10 heteroatoms. The van der Waals surface area contributed by atoms with E-state index in [9.17, 15) is 23.2 Å². The van der Waals surface area contributed by atoms with Crippen LogP contribution < -0.4 is 16.0 Å². The summed E-state index contributed by atoms with van der Waals surface area (Å²) in [6.45, 7) is 15.8. The number of allylic oxidation sites excluding steroid dienone is 5. The summed E-state index contributed by atoms with van der Waals surface area (Å²) in [5.74, 6) is -3.83. The highest BCUT2D eigenvalue weighted by Gasteiger charge is 2.28. The average molecular weight is 646 g/mol. The van der Waals surface area contributed by atoms with Crippen LogP contribution in [0, 0.1) is 0 Å². The second kappa shape index (κ2) is 22.5. The Balaban J connectivity index is 0. The molecule has 0 aromatic carbocycles. The van der Waals surface area contributed by atoms with Crippen molar-refractivity contribution in [1.82, 2.24) is 20.9 Å². The van der Waals surface area contributed by atoms with E-state index in [1.165, 1.54) is 25.3 Å². The largest absolute Gasteiger partial charge is 0.356 e. The number of aliphatic imine (C=N–C) groups is 1. The molecule has 1 aliphatic rings. The standard InChI is InChI=1S/C32H43F2N5O3.C2H6.2CH4/c1-7-25(8-2)27(32(6,33)34)18-21(3)38-30(41)26-13-14-28(37-20-26)22(4)39-31(42)29-19-24(15-17-36-29)12-10-9-11-16-35-23(5)40;1-2;;/h7,15,17-20,22H,1,8-14,16H2,2-6H3,(H,35,40)(H,38,41)(H,39,42);1-2H3;2*1H4/b21-18+,27-25-;;;. The number of hydrogen-bond acceptors (Lipinski definition) is 5. The number of carbonyl (C=O) groups is 3. The smallest absolute Gasteiger partial charge is 0.270 e. The van der Waals surface area contributed by atoms with Gasteiger partial charge in [-0.05, 0) is 81.7 Å². The van der Waals surface area contributed by atoms with Crippen LogP contribution in [0.1, 0.15) is 118 Å². The first-order valence-corrected chi connectivity index (χ1v) is 15.3. The van der Waals surface area contributed by atoms with Gasteiger partial charge < -0.3 is 16.0 Å². The Morgan fingerprint density at radius 3 is 2.30 bits per heavy atom. The first kappa shape index (κ1) is 44.2. The summed E-state index contributed by atoms with van der Waals surface area (Å²) in [7, 11) is 0. The molecule has 0 spiro atoms. The fraction of sp³-hybridized carbons (Fsp3) is 0.528. The summed E-state index contributed by atoms with van der Waals surface area (Å²) in [4.78, 5) is 45.2. The van der Waals surface area contributed by atoms with E-state index in [2.05, 4.69) is 32.5 Å². The first-order chi connectivity index (χ1) is 20.8. The Kier molecular flexibility index (Phi) is 21.6. The Morgan fingerprint density at radius 1 is 1.09 bits per heavy atom. The Morgan fingerprint density at radius 2 is 1.76 bits per heavy atom. The maximum Gasteiger partial charge on any atom is 0.270 e. The van der Waals surface area contributed by atoms with Gasteiger partial charge in [0.15, 0.2) is 0 Å². The molecule has 46 heavy (non-hydrogen) atoms. The van der Waals surface area contributed by atoms with Gasteiger partial charge in [-0.3, -0.25) is 24.4 Å². The van der Waals surface area contributed by atoms with E-state index >= 15 is 0 Å². The number of hydrogen-bond donors (Lipinski definition) is 3. The molecule has 1 aliphatic heterocycles. The summed E-state index contributed by atoms with van der Waals surface area (Å²) in [6.07, 6.45) is 10.6. The number of nitrogens with one attached hydrogen (secondary N) is 3. The molecule has 1 aromatic rings. The van der Waals surface area contributed by atoms with Crippen molar-refractivity contribution in [3.63, 3.8) is 0 Å². The number of rotatable bonds is 15. The highest BCUT2D eigenvalue weighted by molar-refractivity contribution is 6.01. The summed E-state index contributed by atoms with van der Waals surface area (Å²) in [5.41, 5.74) is 3.00. The van der Waals surface area contributed by atoms with Crippen molar-refractivity contribution >= 4 is 23.4 Å². The maximum absolute atomic E-state index is 14.2. The van der Waals surface area contributed by atoms with Crippen LogP contribution in [0.3, 0.4) is 0 Å². The van der Waals surface area contributed by atoms with Gasteiger partial charge in [0.05, 0.1) is 6.04 Å². The summed E-state index contributed by atoms with van der Waals surface area (Å²) in [6, 6.07) is 3.30. The lowest BCUT2D eigenvalue weighted by atomic mass is 9.99. The summed E-state index contributed by atoms with van der Waals surface area (Å²) < 4.78 is 28.3.